The van der Waals surface area contributed by atoms with Crippen molar-refractivity contribution in [2.45, 2.75) is 13.3 Å². The number of rotatable bonds is 2. The van der Waals surface area contributed by atoms with Crippen LogP contribution in [0.5, 0.6) is 0 Å². The predicted octanol–water partition coefficient (Wildman–Crippen LogP) is 2.09. The van der Waals surface area contributed by atoms with Crippen molar-refractivity contribution in [2.24, 2.45) is 0 Å². The lowest BCUT2D eigenvalue weighted by atomic mass is 10.3. The van der Waals surface area contributed by atoms with Gasteiger partial charge in [-0.05, 0) is 6.42 Å². The van der Waals surface area contributed by atoms with E-state index in [4.69, 9.17) is 5.26 Å². The van der Waals surface area contributed by atoms with Gasteiger partial charge in [-0.2, -0.15) is 5.26 Å². The fourth-order valence-corrected chi connectivity index (χ4v) is 1.68. The van der Waals surface area contributed by atoms with Crippen molar-refractivity contribution in [1.82, 2.24) is 0 Å². The van der Waals surface area contributed by atoms with Crippen LogP contribution in [0.2, 0.25) is 0 Å². The third kappa shape index (κ3) is 1.43. The molecule has 12 heavy (non-hydrogen) atoms. The number of aryl methyl sites for hydroxylation is 1. The number of nitro groups is 1. The summed E-state index contributed by atoms with van der Waals surface area (Å²) in [6.07, 6.45) is 0.729. The molecule has 0 amide bonds. The first-order valence-corrected chi connectivity index (χ1v) is 4.18. The molecule has 0 atom stereocenters. The second-order valence-electron chi connectivity index (χ2n) is 2.15. The van der Waals surface area contributed by atoms with Crippen molar-refractivity contribution < 1.29 is 4.92 Å². The molecule has 1 heterocycles. The van der Waals surface area contributed by atoms with Crippen LogP contribution in [0.25, 0.3) is 0 Å². The summed E-state index contributed by atoms with van der Waals surface area (Å²) in [7, 11) is 0. The summed E-state index contributed by atoms with van der Waals surface area (Å²) < 4.78 is 0. The molecule has 0 radical (unpaired) electrons. The lowest BCUT2D eigenvalue weighted by Gasteiger charge is -1.82. The van der Waals surface area contributed by atoms with E-state index in [0.29, 0.717) is 0 Å². The monoisotopic (exact) mass is 182 g/mol. The molecule has 0 unspecified atom stereocenters. The zero-order chi connectivity index (χ0) is 9.14. The zero-order valence-electron chi connectivity index (χ0n) is 6.40. The molecule has 0 fully saturated rings. The van der Waals surface area contributed by atoms with Gasteiger partial charge in [-0.15, -0.1) is 11.3 Å². The number of nitrogens with zero attached hydrogens (tertiary/aromatic N) is 2. The van der Waals surface area contributed by atoms with E-state index < -0.39 is 4.92 Å². The maximum Gasteiger partial charge on any atom is 0.298 e. The average molecular weight is 182 g/mol. The van der Waals surface area contributed by atoms with Gasteiger partial charge in [0.05, 0.1) is 4.92 Å². The highest BCUT2D eigenvalue weighted by Gasteiger charge is 2.17. The molecule has 1 aromatic heterocycles. The Labute approximate surface area is 73.2 Å². The Morgan fingerprint density at radius 1 is 1.83 bits per heavy atom. The predicted molar refractivity (Wildman–Crippen MR) is 45.1 cm³/mol. The first-order chi connectivity index (χ1) is 5.69. The highest BCUT2D eigenvalue weighted by atomic mass is 32.1. The molecule has 0 bridgehead atoms. The van der Waals surface area contributed by atoms with Gasteiger partial charge >= 0.3 is 0 Å². The molecule has 4 nitrogen and oxygen atoms in total. The number of nitriles is 1. The second-order valence-corrected chi connectivity index (χ2v) is 3.29. The van der Waals surface area contributed by atoms with Crippen molar-refractivity contribution in [3.05, 3.63) is 25.9 Å². The van der Waals surface area contributed by atoms with E-state index in [9.17, 15) is 10.1 Å². The van der Waals surface area contributed by atoms with E-state index in [1.807, 2.05) is 13.0 Å². The minimum absolute atomic E-state index is 0.0700. The summed E-state index contributed by atoms with van der Waals surface area (Å²) in [4.78, 5) is 10.9. The molecular weight excluding hydrogens is 176 g/mol. The smallest absolute Gasteiger partial charge is 0.258 e. The summed E-state index contributed by atoms with van der Waals surface area (Å²) in [5, 5.41) is 18.9. The molecule has 0 aliphatic carbocycles. The second kappa shape index (κ2) is 3.32. The highest BCUT2D eigenvalue weighted by Crippen LogP contribution is 2.28. The quantitative estimate of drug-likeness (QED) is 0.519. The van der Waals surface area contributed by atoms with Crippen LogP contribution in [0.1, 0.15) is 16.7 Å². The standard InChI is InChI=1S/C7H6N2O2S/c1-2-5-3-6(9(10)11)7(4-8)12-5/h3H,2H2,1H3. The van der Waals surface area contributed by atoms with Crippen LogP contribution in [0.3, 0.4) is 0 Å². The van der Waals surface area contributed by atoms with Gasteiger partial charge in [0.25, 0.3) is 5.69 Å². The van der Waals surface area contributed by atoms with Gasteiger partial charge in [-0.1, -0.05) is 6.92 Å². The van der Waals surface area contributed by atoms with Crippen LogP contribution in [-0.4, -0.2) is 4.92 Å². The largest absolute Gasteiger partial charge is 0.298 e. The summed E-state index contributed by atoms with van der Waals surface area (Å²) in [5.41, 5.74) is -0.0700. The Kier molecular flexibility index (Phi) is 2.41. The zero-order valence-corrected chi connectivity index (χ0v) is 7.22. The molecule has 0 aliphatic rings. The molecule has 0 N–H and O–H groups in total. The lowest BCUT2D eigenvalue weighted by molar-refractivity contribution is -0.384. The molecule has 0 aliphatic heterocycles. The topological polar surface area (TPSA) is 66.9 Å². The van der Waals surface area contributed by atoms with E-state index in [1.165, 1.54) is 17.4 Å². The summed E-state index contributed by atoms with van der Waals surface area (Å²) in [6, 6.07) is 3.27. The fourth-order valence-electron chi connectivity index (χ4n) is 0.821. The Bertz CT molecular complexity index is 351. The van der Waals surface area contributed by atoms with Crippen LogP contribution < -0.4 is 0 Å². The Morgan fingerprint density at radius 2 is 2.50 bits per heavy atom. The van der Waals surface area contributed by atoms with E-state index >= 15 is 0 Å². The molecule has 0 aromatic carbocycles. The normalized spacial score (nSPS) is 9.33. The number of thiophene rings is 1. The minimum Gasteiger partial charge on any atom is -0.258 e. The first kappa shape index (κ1) is 8.68. The SMILES string of the molecule is CCc1cc([N+](=O)[O-])c(C#N)s1. The number of hydrogen-bond donors (Lipinski definition) is 0. The van der Waals surface area contributed by atoms with Crippen molar-refractivity contribution in [1.29, 1.82) is 5.26 Å². The first-order valence-electron chi connectivity index (χ1n) is 3.36. The van der Waals surface area contributed by atoms with Gasteiger partial charge < -0.3 is 0 Å². The minimum atomic E-state index is -0.520. The van der Waals surface area contributed by atoms with Crippen LogP contribution >= 0.6 is 11.3 Å². The summed E-state index contributed by atoms with van der Waals surface area (Å²) in [6.45, 7) is 1.90. The summed E-state index contributed by atoms with van der Waals surface area (Å²) in [5.74, 6) is 0. The molecular formula is C7H6N2O2S. The van der Waals surface area contributed by atoms with Gasteiger partial charge in [-0.25, -0.2) is 0 Å². The van der Waals surface area contributed by atoms with Crippen LogP contribution in [0, 0.1) is 21.4 Å². The van der Waals surface area contributed by atoms with Gasteiger partial charge in [0, 0.05) is 10.9 Å². The van der Waals surface area contributed by atoms with Crippen LogP contribution in [0.15, 0.2) is 6.07 Å². The van der Waals surface area contributed by atoms with Crippen molar-refractivity contribution >= 4 is 17.0 Å². The molecule has 0 saturated heterocycles. The maximum absolute atomic E-state index is 10.4. The molecule has 1 aromatic rings. The third-order valence-electron chi connectivity index (χ3n) is 1.41. The van der Waals surface area contributed by atoms with Crippen LogP contribution in [0.4, 0.5) is 5.69 Å². The van der Waals surface area contributed by atoms with Gasteiger partial charge in [0.15, 0.2) is 4.88 Å². The van der Waals surface area contributed by atoms with Crippen LogP contribution in [-0.2, 0) is 6.42 Å². The lowest BCUT2D eigenvalue weighted by Crippen LogP contribution is -1.86. The van der Waals surface area contributed by atoms with E-state index in [2.05, 4.69) is 0 Å². The third-order valence-corrected chi connectivity index (χ3v) is 2.58. The maximum atomic E-state index is 10.4. The summed E-state index contributed by atoms with van der Waals surface area (Å²) >= 11 is 1.19. The van der Waals surface area contributed by atoms with Crippen molar-refractivity contribution in [3.8, 4) is 6.07 Å². The Hall–Kier alpha value is -1.41. The molecule has 62 valence electrons. The fraction of sp³-hybridized carbons (Fsp3) is 0.286. The van der Waals surface area contributed by atoms with E-state index in [-0.39, 0.29) is 10.6 Å². The average Bonchev–Trinajstić information content (AvgIpc) is 2.47. The Morgan fingerprint density at radius 3 is 2.83 bits per heavy atom. The molecule has 0 saturated carbocycles. The number of hydrogen-bond acceptors (Lipinski definition) is 4. The van der Waals surface area contributed by atoms with Gasteiger partial charge in [-0.3, -0.25) is 10.1 Å². The van der Waals surface area contributed by atoms with E-state index in [1.54, 1.807) is 0 Å². The van der Waals surface area contributed by atoms with E-state index in [0.717, 1.165) is 11.3 Å². The van der Waals surface area contributed by atoms with Crippen molar-refractivity contribution in [3.63, 3.8) is 0 Å². The van der Waals surface area contributed by atoms with Gasteiger partial charge in [0.1, 0.15) is 6.07 Å². The molecule has 0 spiro atoms. The molecule has 1 rings (SSSR count). The highest BCUT2D eigenvalue weighted by molar-refractivity contribution is 7.13. The van der Waals surface area contributed by atoms with Gasteiger partial charge in [0.2, 0.25) is 0 Å². The Balaban J connectivity index is 3.19. The van der Waals surface area contributed by atoms with Crippen molar-refractivity contribution in [2.75, 3.05) is 0 Å². The molecule has 5 heteroatoms.